The van der Waals surface area contributed by atoms with E-state index in [4.69, 9.17) is 14.2 Å². The molecular weight excluding hydrogens is 332 g/mol. The van der Waals surface area contributed by atoms with Crippen molar-refractivity contribution in [3.05, 3.63) is 46.3 Å². The zero-order valence-electron chi connectivity index (χ0n) is 16.0. The van der Waals surface area contributed by atoms with Crippen LogP contribution >= 0.6 is 0 Å². The van der Waals surface area contributed by atoms with Crippen LogP contribution in [-0.4, -0.2) is 26.3 Å². The molecule has 1 aliphatic heterocycles. The van der Waals surface area contributed by atoms with Crippen LogP contribution in [0.15, 0.2) is 40.7 Å². The fourth-order valence-corrected chi connectivity index (χ4v) is 3.06. The van der Waals surface area contributed by atoms with E-state index in [-0.39, 0.29) is 6.10 Å². The number of nitrogens with zero attached hydrogens (tertiary/aromatic N) is 1. The fourth-order valence-electron chi connectivity index (χ4n) is 3.06. The summed E-state index contributed by atoms with van der Waals surface area (Å²) in [4.78, 5) is 12.8. The van der Waals surface area contributed by atoms with Gasteiger partial charge in [0.15, 0.2) is 0 Å². The lowest BCUT2D eigenvalue weighted by atomic mass is 9.80. The molecule has 1 heterocycles. The molecule has 1 aromatic carbocycles. The fraction of sp³-hybridized carbons (Fsp3) is 0.400. The standard InChI is InChI=1S/C20H24N2O4/c1-11(2)26-20(23)18-13(4)22-12(3)16(10-21)19(18)15-8-7-14(24-5)9-17(15)25-6/h7-9,11,19,22H,1-6H3/t19-/m0/s1. The Morgan fingerprint density at radius 1 is 1.19 bits per heavy atom. The van der Waals surface area contributed by atoms with E-state index in [9.17, 15) is 10.1 Å². The summed E-state index contributed by atoms with van der Waals surface area (Å²) < 4.78 is 16.2. The Labute approximate surface area is 154 Å². The summed E-state index contributed by atoms with van der Waals surface area (Å²) in [5.41, 5.74) is 2.93. The lowest BCUT2D eigenvalue weighted by molar-refractivity contribution is -0.143. The highest BCUT2D eigenvalue weighted by Crippen LogP contribution is 2.43. The summed E-state index contributed by atoms with van der Waals surface area (Å²) in [7, 11) is 3.11. The second-order valence-electron chi connectivity index (χ2n) is 6.31. The Balaban J connectivity index is 2.67. The highest BCUT2D eigenvalue weighted by atomic mass is 16.5. The molecule has 1 aliphatic rings. The lowest BCUT2D eigenvalue weighted by Crippen LogP contribution is -2.29. The number of benzene rings is 1. The molecule has 0 amide bonds. The third-order valence-corrected chi connectivity index (χ3v) is 4.20. The number of dihydropyridines is 1. The maximum atomic E-state index is 12.8. The highest BCUT2D eigenvalue weighted by Gasteiger charge is 2.36. The van der Waals surface area contributed by atoms with Crippen LogP contribution in [0.2, 0.25) is 0 Å². The number of carbonyl (C=O) groups is 1. The van der Waals surface area contributed by atoms with E-state index >= 15 is 0 Å². The van der Waals surface area contributed by atoms with Crippen molar-refractivity contribution >= 4 is 5.97 Å². The van der Waals surface area contributed by atoms with Crippen molar-refractivity contribution in [2.45, 2.75) is 39.7 Å². The first-order valence-corrected chi connectivity index (χ1v) is 8.35. The number of hydrogen-bond donors (Lipinski definition) is 1. The summed E-state index contributed by atoms with van der Waals surface area (Å²) >= 11 is 0. The SMILES string of the molecule is COc1ccc([C@H]2C(C#N)=C(C)NC(C)=C2C(=O)OC(C)C)c(OC)c1. The Morgan fingerprint density at radius 2 is 1.88 bits per heavy atom. The Bertz CT molecular complexity index is 816. The van der Waals surface area contributed by atoms with Crippen LogP contribution in [0.3, 0.4) is 0 Å². The van der Waals surface area contributed by atoms with E-state index in [1.54, 1.807) is 47.1 Å². The first-order valence-electron chi connectivity index (χ1n) is 8.35. The van der Waals surface area contributed by atoms with Crippen LogP contribution in [0.4, 0.5) is 0 Å². The van der Waals surface area contributed by atoms with Crippen LogP contribution in [0.25, 0.3) is 0 Å². The molecule has 6 heteroatoms. The van der Waals surface area contributed by atoms with Gasteiger partial charge in [0.1, 0.15) is 11.5 Å². The van der Waals surface area contributed by atoms with Crippen LogP contribution in [0.1, 0.15) is 39.2 Å². The molecule has 0 bridgehead atoms. The van der Waals surface area contributed by atoms with E-state index in [1.807, 2.05) is 13.0 Å². The molecule has 2 rings (SSSR count). The quantitative estimate of drug-likeness (QED) is 0.814. The van der Waals surface area contributed by atoms with E-state index < -0.39 is 11.9 Å². The zero-order chi connectivity index (χ0) is 19.4. The van der Waals surface area contributed by atoms with Gasteiger partial charge in [-0.25, -0.2) is 4.79 Å². The molecule has 138 valence electrons. The first kappa shape index (κ1) is 19.4. The van der Waals surface area contributed by atoms with E-state index in [0.717, 1.165) is 0 Å². The molecule has 0 spiro atoms. The molecule has 0 fully saturated rings. The smallest absolute Gasteiger partial charge is 0.337 e. The van der Waals surface area contributed by atoms with Gasteiger partial charge in [0.25, 0.3) is 0 Å². The minimum atomic E-state index is -0.576. The van der Waals surface area contributed by atoms with E-state index in [2.05, 4.69) is 11.4 Å². The minimum absolute atomic E-state index is 0.265. The van der Waals surface area contributed by atoms with Crippen LogP contribution in [0, 0.1) is 11.3 Å². The van der Waals surface area contributed by atoms with Gasteiger partial charge in [-0.2, -0.15) is 5.26 Å². The van der Waals surface area contributed by atoms with E-state index in [1.165, 1.54) is 0 Å². The van der Waals surface area contributed by atoms with Gasteiger partial charge in [0.05, 0.1) is 43.5 Å². The maximum absolute atomic E-state index is 12.8. The second-order valence-corrected chi connectivity index (χ2v) is 6.31. The van der Waals surface area contributed by atoms with Gasteiger partial charge >= 0.3 is 5.97 Å². The lowest BCUT2D eigenvalue weighted by Gasteiger charge is -2.29. The molecule has 0 aliphatic carbocycles. The Kier molecular flexibility index (Phi) is 5.93. The van der Waals surface area contributed by atoms with Gasteiger partial charge in [0, 0.05) is 23.0 Å². The van der Waals surface area contributed by atoms with Gasteiger partial charge in [0.2, 0.25) is 0 Å². The van der Waals surface area contributed by atoms with Gasteiger partial charge < -0.3 is 19.5 Å². The molecule has 26 heavy (non-hydrogen) atoms. The average Bonchev–Trinajstić information content (AvgIpc) is 2.59. The normalized spacial score (nSPS) is 16.9. The number of esters is 1. The minimum Gasteiger partial charge on any atom is -0.497 e. The molecule has 0 saturated carbocycles. The molecule has 0 aromatic heterocycles. The van der Waals surface area contributed by atoms with Crippen molar-refractivity contribution in [2.24, 2.45) is 0 Å². The van der Waals surface area contributed by atoms with Gasteiger partial charge in [-0.1, -0.05) is 6.07 Å². The predicted molar refractivity (Wildman–Crippen MR) is 97.7 cm³/mol. The van der Waals surface area contributed by atoms with Crippen molar-refractivity contribution in [1.82, 2.24) is 5.32 Å². The van der Waals surface area contributed by atoms with Gasteiger partial charge in [-0.15, -0.1) is 0 Å². The molecule has 1 N–H and O–H groups in total. The Morgan fingerprint density at radius 3 is 2.42 bits per heavy atom. The first-order chi connectivity index (χ1) is 12.3. The number of methoxy groups -OCH3 is 2. The van der Waals surface area contributed by atoms with Crippen molar-refractivity contribution in [3.63, 3.8) is 0 Å². The van der Waals surface area contributed by atoms with Crippen molar-refractivity contribution < 1.29 is 19.0 Å². The average molecular weight is 356 g/mol. The molecule has 0 radical (unpaired) electrons. The molecule has 6 nitrogen and oxygen atoms in total. The summed E-state index contributed by atoms with van der Waals surface area (Å²) in [5.74, 6) is 0.145. The number of nitriles is 1. The van der Waals surface area contributed by atoms with Crippen LogP contribution in [-0.2, 0) is 9.53 Å². The number of hydrogen-bond acceptors (Lipinski definition) is 6. The van der Waals surface area contributed by atoms with Crippen molar-refractivity contribution in [1.29, 1.82) is 5.26 Å². The Hall–Kier alpha value is -2.94. The van der Waals surface area contributed by atoms with Gasteiger partial charge in [-0.3, -0.25) is 0 Å². The topological polar surface area (TPSA) is 80.6 Å². The monoisotopic (exact) mass is 356 g/mol. The van der Waals surface area contributed by atoms with Crippen molar-refractivity contribution in [2.75, 3.05) is 14.2 Å². The predicted octanol–water partition coefficient (Wildman–Crippen LogP) is 3.41. The number of ether oxygens (including phenoxy) is 3. The number of nitrogens with one attached hydrogen (secondary N) is 1. The maximum Gasteiger partial charge on any atom is 0.337 e. The molecule has 0 unspecified atom stereocenters. The van der Waals surface area contributed by atoms with E-state index in [0.29, 0.717) is 39.6 Å². The second kappa shape index (κ2) is 7.96. The largest absolute Gasteiger partial charge is 0.497 e. The number of carbonyl (C=O) groups excluding carboxylic acids is 1. The number of allylic oxidation sites excluding steroid dienone is 3. The number of rotatable bonds is 5. The summed E-state index contributed by atoms with van der Waals surface area (Å²) in [6.45, 7) is 7.20. The highest BCUT2D eigenvalue weighted by molar-refractivity contribution is 5.93. The third-order valence-electron chi connectivity index (χ3n) is 4.20. The molecule has 1 atom stereocenters. The van der Waals surface area contributed by atoms with Crippen LogP contribution in [0.5, 0.6) is 11.5 Å². The van der Waals surface area contributed by atoms with Gasteiger partial charge in [-0.05, 0) is 33.8 Å². The zero-order valence-corrected chi connectivity index (χ0v) is 16.0. The van der Waals surface area contributed by atoms with Crippen molar-refractivity contribution in [3.8, 4) is 17.6 Å². The molecular formula is C20H24N2O4. The third kappa shape index (κ3) is 3.67. The molecule has 1 aromatic rings. The molecule has 0 saturated heterocycles. The summed E-state index contributed by atoms with van der Waals surface area (Å²) in [6.07, 6.45) is -0.265. The van der Waals surface area contributed by atoms with Crippen LogP contribution < -0.4 is 14.8 Å². The summed E-state index contributed by atoms with van der Waals surface area (Å²) in [5, 5.41) is 12.9. The summed E-state index contributed by atoms with van der Waals surface area (Å²) in [6, 6.07) is 7.56.